The van der Waals surface area contributed by atoms with Crippen molar-refractivity contribution in [2.45, 2.75) is 59.9 Å². The van der Waals surface area contributed by atoms with Crippen molar-refractivity contribution in [3.63, 3.8) is 0 Å². The lowest BCUT2D eigenvalue weighted by Crippen LogP contribution is -2.40. The van der Waals surface area contributed by atoms with Gasteiger partial charge < -0.3 is 15.2 Å². The number of aromatic nitrogens is 3. The Bertz CT molecular complexity index is 430. The van der Waals surface area contributed by atoms with Gasteiger partial charge >= 0.3 is 0 Å². The van der Waals surface area contributed by atoms with Crippen molar-refractivity contribution < 1.29 is 0 Å². The van der Waals surface area contributed by atoms with Crippen LogP contribution in [-0.4, -0.2) is 40.4 Å². The van der Waals surface area contributed by atoms with Crippen molar-refractivity contribution in [1.82, 2.24) is 25.4 Å². The fraction of sp³-hybridized carbons (Fsp3) is 0.812. The molecular formula is C16H33IN6. The minimum atomic E-state index is 0. The van der Waals surface area contributed by atoms with Crippen molar-refractivity contribution in [1.29, 1.82) is 0 Å². The van der Waals surface area contributed by atoms with Gasteiger partial charge in [0.15, 0.2) is 5.96 Å². The molecule has 0 bridgehead atoms. The van der Waals surface area contributed by atoms with E-state index >= 15 is 0 Å². The summed E-state index contributed by atoms with van der Waals surface area (Å²) in [6.07, 6.45) is 6.15. The summed E-state index contributed by atoms with van der Waals surface area (Å²) in [5.74, 6) is 2.65. The molecule has 1 aromatic rings. The maximum absolute atomic E-state index is 4.63. The van der Waals surface area contributed by atoms with Gasteiger partial charge in [0.25, 0.3) is 0 Å². The van der Waals surface area contributed by atoms with Crippen LogP contribution in [-0.2, 0) is 13.0 Å². The number of rotatable bonds is 10. The molecule has 1 heterocycles. The largest absolute Gasteiger partial charge is 0.356 e. The molecule has 2 N–H and O–H groups in total. The smallest absolute Gasteiger partial charge is 0.191 e. The highest BCUT2D eigenvalue weighted by molar-refractivity contribution is 14.0. The van der Waals surface area contributed by atoms with Gasteiger partial charge in [0.1, 0.15) is 12.2 Å². The Morgan fingerprint density at radius 2 is 2.00 bits per heavy atom. The Labute approximate surface area is 158 Å². The number of nitrogens with zero attached hydrogens (tertiary/aromatic N) is 4. The molecule has 0 saturated carbocycles. The summed E-state index contributed by atoms with van der Waals surface area (Å²) in [6, 6.07) is 0. The van der Waals surface area contributed by atoms with E-state index in [0.717, 1.165) is 57.2 Å². The van der Waals surface area contributed by atoms with Crippen molar-refractivity contribution in [3.05, 3.63) is 12.2 Å². The number of hydrogen-bond acceptors (Lipinski definition) is 3. The second kappa shape index (κ2) is 13.6. The average Bonchev–Trinajstić information content (AvgIpc) is 2.94. The average molecular weight is 436 g/mol. The van der Waals surface area contributed by atoms with Crippen molar-refractivity contribution in [2.24, 2.45) is 10.9 Å². The summed E-state index contributed by atoms with van der Waals surface area (Å²) >= 11 is 0. The van der Waals surface area contributed by atoms with E-state index in [1.165, 1.54) is 6.42 Å². The highest BCUT2D eigenvalue weighted by Gasteiger charge is 2.03. The lowest BCUT2D eigenvalue weighted by molar-refractivity contribution is 0.569. The molecular weight excluding hydrogens is 403 g/mol. The fourth-order valence-electron chi connectivity index (χ4n) is 2.04. The number of aryl methyl sites for hydroxylation is 1. The van der Waals surface area contributed by atoms with Crippen LogP contribution in [0.15, 0.2) is 11.3 Å². The quantitative estimate of drug-likeness (QED) is 0.256. The summed E-state index contributed by atoms with van der Waals surface area (Å²) in [5, 5.41) is 14.9. The standard InChI is InChI=1S/C16H32N6.HI/c1-5-7-9-17-16(18-10-8-14(3)4)19-11-12-22-13-20-21-15(22)6-2;/h13-14H,5-12H2,1-4H3,(H2,17,18,19);1H. The molecule has 0 unspecified atom stereocenters. The van der Waals surface area contributed by atoms with Gasteiger partial charge in [0, 0.05) is 32.6 Å². The molecule has 1 aromatic heterocycles. The van der Waals surface area contributed by atoms with Gasteiger partial charge in [0.2, 0.25) is 0 Å². The Hall–Kier alpha value is -0.860. The summed E-state index contributed by atoms with van der Waals surface area (Å²) < 4.78 is 2.09. The number of unbranched alkanes of at least 4 members (excludes halogenated alkanes) is 1. The third-order valence-corrected chi connectivity index (χ3v) is 3.45. The van der Waals surface area contributed by atoms with Crippen LogP contribution in [0, 0.1) is 5.92 Å². The van der Waals surface area contributed by atoms with Gasteiger partial charge in [-0.15, -0.1) is 34.2 Å². The first-order valence-electron chi connectivity index (χ1n) is 8.56. The van der Waals surface area contributed by atoms with Crippen LogP contribution in [0.2, 0.25) is 0 Å². The zero-order chi connectivity index (χ0) is 16.2. The molecule has 6 nitrogen and oxygen atoms in total. The second-order valence-electron chi connectivity index (χ2n) is 5.91. The zero-order valence-electron chi connectivity index (χ0n) is 15.0. The first-order valence-corrected chi connectivity index (χ1v) is 8.56. The molecule has 134 valence electrons. The summed E-state index contributed by atoms with van der Waals surface area (Å²) in [5.41, 5.74) is 0. The van der Waals surface area contributed by atoms with E-state index in [-0.39, 0.29) is 24.0 Å². The number of guanidine groups is 1. The van der Waals surface area contributed by atoms with E-state index in [1.807, 2.05) is 0 Å². The normalized spacial score (nSPS) is 11.4. The van der Waals surface area contributed by atoms with Gasteiger partial charge in [-0.1, -0.05) is 34.1 Å². The predicted molar refractivity (Wildman–Crippen MR) is 107 cm³/mol. The number of nitrogens with one attached hydrogen (secondary N) is 2. The van der Waals surface area contributed by atoms with E-state index in [9.17, 15) is 0 Å². The van der Waals surface area contributed by atoms with E-state index in [0.29, 0.717) is 5.92 Å². The van der Waals surface area contributed by atoms with Gasteiger partial charge in [0.05, 0.1) is 0 Å². The van der Waals surface area contributed by atoms with Gasteiger partial charge in [-0.05, 0) is 18.8 Å². The van der Waals surface area contributed by atoms with Crippen molar-refractivity contribution in [2.75, 3.05) is 19.6 Å². The molecule has 23 heavy (non-hydrogen) atoms. The van der Waals surface area contributed by atoms with Gasteiger partial charge in [-0.25, -0.2) is 0 Å². The molecule has 7 heteroatoms. The lowest BCUT2D eigenvalue weighted by Gasteiger charge is -2.14. The Morgan fingerprint density at radius 1 is 1.26 bits per heavy atom. The Balaban J connectivity index is 0.00000484. The van der Waals surface area contributed by atoms with Crippen molar-refractivity contribution in [3.8, 4) is 0 Å². The molecule has 1 rings (SSSR count). The summed E-state index contributed by atoms with van der Waals surface area (Å²) in [7, 11) is 0. The van der Waals surface area contributed by atoms with Crippen molar-refractivity contribution >= 4 is 29.9 Å². The third kappa shape index (κ3) is 9.78. The van der Waals surface area contributed by atoms with Crippen LogP contribution < -0.4 is 10.6 Å². The van der Waals surface area contributed by atoms with Gasteiger partial charge in [-0.3, -0.25) is 4.99 Å². The Kier molecular flexibility index (Phi) is 13.1. The molecule has 0 aliphatic carbocycles. The van der Waals surface area contributed by atoms with E-state index in [4.69, 9.17) is 0 Å². The molecule has 0 amide bonds. The zero-order valence-corrected chi connectivity index (χ0v) is 17.3. The number of halogens is 1. The summed E-state index contributed by atoms with van der Waals surface area (Å²) in [6.45, 7) is 12.3. The molecule has 0 radical (unpaired) electrons. The maximum Gasteiger partial charge on any atom is 0.191 e. The number of hydrogen-bond donors (Lipinski definition) is 2. The molecule has 0 aliphatic heterocycles. The van der Waals surface area contributed by atoms with Crippen LogP contribution in [0.25, 0.3) is 0 Å². The number of aliphatic imine (C=N–C) groups is 1. The van der Waals surface area contributed by atoms with Crippen LogP contribution >= 0.6 is 24.0 Å². The predicted octanol–water partition coefficient (Wildman–Crippen LogP) is 2.84. The van der Waals surface area contributed by atoms with E-state index in [2.05, 4.69) is 58.1 Å². The van der Waals surface area contributed by atoms with E-state index < -0.39 is 0 Å². The first kappa shape index (κ1) is 22.1. The molecule has 0 aliphatic rings. The SMILES string of the molecule is CCCCN=C(NCCC(C)C)NCCn1cnnc1CC.I. The van der Waals surface area contributed by atoms with Crippen LogP contribution in [0.4, 0.5) is 0 Å². The summed E-state index contributed by atoms with van der Waals surface area (Å²) in [4.78, 5) is 4.63. The van der Waals surface area contributed by atoms with Gasteiger partial charge in [-0.2, -0.15) is 0 Å². The highest BCUT2D eigenvalue weighted by atomic mass is 127. The molecule has 0 aromatic carbocycles. The lowest BCUT2D eigenvalue weighted by atomic mass is 10.1. The Morgan fingerprint density at radius 3 is 2.65 bits per heavy atom. The minimum Gasteiger partial charge on any atom is -0.356 e. The third-order valence-electron chi connectivity index (χ3n) is 3.45. The van der Waals surface area contributed by atoms with E-state index in [1.54, 1.807) is 6.33 Å². The first-order chi connectivity index (χ1) is 10.7. The second-order valence-corrected chi connectivity index (χ2v) is 5.91. The van der Waals surface area contributed by atoms with Crippen LogP contribution in [0.3, 0.4) is 0 Å². The van der Waals surface area contributed by atoms with Crippen LogP contribution in [0.5, 0.6) is 0 Å². The minimum absolute atomic E-state index is 0. The fourth-order valence-corrected chi connectivity index (χ4v) is 2.04. The molecule has 0 spiro atoms. The monoisotopic (exact) mass is 436 g/mol. The molecule has 0 fully saturated rings. The topological polar surface area (TPSA) is 67.1 Å². The maximum atomic E-state index is 4.63. The van der Waals surface area contributed by atoms with Crippen LogP contribution in [0.1, 0.15) is 52.8 Å². The highest BCUT2D eigenvalue weighted by Crippen LogP contribution is 1.97. The molecule has 0 atom stereocenters. The molecule has 0 saturated heterocycles.